The van der Waals surface area contributed by atoms with E-state index in [9.17, 15) is 9.59 Å². The second-order valence-electron chi connectivity index (χ2n) is 7.01. The van der Waals surface area contributed by atoms with Crippen molar-refractivity contribution < 1.29 is 19.1 Å². The fourth-order valence-corrected chi connectivity index (χ4v) is 3.95. The Kier molecular flexibility index (Phi) is 5.78. The molecular weight excluding hydrogens is 320 g/mol. The summed E-state index contributed by atoms with van der Waals surface area (Å²) in [6, 6.07) is 4.01. The van der Waals surface area contributed by atoms with Gasteiger partial charge >= 0.3 is 5.97 Å². The molecule has 0 spiro atoms. The molecule has 6 heteroatoms. The minimum absolute atomic E-state index is 0.0644. The van der Waals surface area contributed by atoms with Gasteiger partial charge in [0.05, 0.1) is 24.5 Å². The molecule has 0 saturated carbocycles. The van der Waals surface area contributed by atoms with Crippen molar-refractivity contribution in [2.45, 2.75) is 44.6 Å². The molecule has 2 fully saturated rings. The molecule has 0 bridgehead atoms. The van der Waals surface area contributed by atoms with Crippen molar-refractivity contribution in [2.24, 2.45) is 5.92 Å². The lowest BCUT2D eigenvalue weighted by molar-refractivity contribution is -0.151. The van der Waals surface area contributed by atoms with Gasteiger partial charge in [0.15, 0.2) is 0 Å². The number of hydrogen-bond donors (Lipinski definition) is 0. The molecule has 2 aliphatic heterocycles. The van der Waals surface area contributed by atoms with Gasteiger partial charge < -0.3 is 18.9 Å². The minimum atomic E-state index is -0.184. The van der Waals surface area contributed by atoms with Crippen LogP contribution in [0.2, 0.25) is 0 Å². The van der Waals surface area contributed by atoms with E-state index in [4.69, 9.17) is 9.47 Å². The maximum absolute atomic E-state index is 12.9. The van der Waals surface area contributed by atoms with Gasteiger partial charge in [-0.25, -0.2) is 0 Å². The molecule has 0 unspecified atom stereocenters. The smallest absolute Gasteiger partial charge is 0.309 e. The van der Waals surface area contributed by atoms with Gasteiger partial charge in [-0.05, 0) is 44.7 Å². The molecule has 2 aliphatic rings. The van der Waals surface area contributed by atoms with Crippen LogP contribution in [0, 0.1) is 5.92 Å². The zero-order valence-corrected chi connectivity index (χ0v) is 15.0. The quantitative estimate of drug-likeness (QED) is 0.765. The molecule has 1 amide bonds. The maximum atomic E-state index is 12.9. The Morgan fingerprint density at radius 2 is 1.80 bits per heavy atom. The Balaban J connectivity index is 1.60. The summed E-state index contributed by atoms with van der Waals surface area (Å²) in [4.78, 5) is 26.7. The van der Waals surface area contributed by atoms with Crippen LogP contribution in [0.4, 0.5) is 0 Å². The summed E-state index contributed by atoms with van der Waals surface area (Å²) in [5, 5.41) is 0. The second kappa shape index (κ2) is 8.04. The summed E-state index contributed by atoms with van der Waals surface area (Å²) in [5.74, 6) is -0.00811. The number of carbonyl (C=O) groups is 2. The molecule has 0 aliphatic carbocycles. The van der Waals surface area contributed by atoms with Gasteiger partial charge in [0.1, 0.15) is 0 Å². The summed E-state index contributed by atoms with van der Waals surface area (Å²) in [7, 11) is 0. The highest BCUT2D eigenvalue weighted by Crippen LogP contribution is 2.34. The van der Waals surface area contributed by atoms with Crippen LogP contribution < -0.4 is 0 Å². The van der Waals surface area contributed by atoms with Gasteiger partial charge in [-0.15, -0.1) is 0 Å². The van der Waals surface area contributed by atoms with Crippen molar-refractivity contribution >= 4 is 11.9 Å². The van der Waals surface area contributed by atoms with E-state index in [0.717, 1.165) is 12.8 Å². The molecule has 6 nitrogen and oxygen atoms in total. The van der Waals surface area contributed by atoms with Gasteiger partial charge in [0.2, 0.25) is 5.91 Å². The van der Waals surface area contributed by atoms with Gasteiger partial charge in [0.25, 0.3) is 0 Å². The van der Waals surface area contributed by atoms with E-state index in [1.807, 2.05) is 36.4 Å². The van der Waals surface area contributed by atoms with E-state index < -0.39 is 0 Å². The third-order valence-corrected chi connectivity index (χ3v) is 5.52. The lowest BCUT2D eigenvalue weighted by Gasteiger charge is -2.40. The highest BCUT2D eigenvalue weighted by Gasteiger charge is 2.38. The standard InChI is InChI=1S/C19H28N2O4/c1-2-25-18(23)16-5-11-20(12-6-16)17(22)15-19(7-13-24-14-8-19)21-9-3-4-10-21/h3-4,9-10,16H,2,5-8,11-15H2,1H3. The second-order valence-corrected chi connectivity index (χ2v) is 7.01. The molecule has 3 rings (SSSR count). The third kappa shape index (κ3) is 4.06. The first-order valence-electron chi connectivity index (χ1n) is 9.30. The van der Waals surface area contributed by atoms with Gasteiger partial charge in [-0.3, -0.25) is 9.59 Å². The molecule has 25 heavy (non-hydrogen) atoms. The van der Waals surface area contributed by atoms with E-state index in [1.54, 1.807) is 0 Å². The Labute approximate surface area is 149 Å². The highest BCUT2D eigenvalue weighted by molar-refractivity contribution is 5.78. The van der Waals surface area contributed by atoms with Gasteiger partial charge in [-0.2, -0.15) is 0 Å². The third-order valence-electron chi connectivity index (χ3n) is 5.52. The molecule has 3 heterocycles. The van der Waals surface area contributed by atoms with Crippen LogP contribution in [0.15, 0.2) is 24.5 Å². The summed E-state index contributed by atoms with van der Waals surface area (Å²) < 4.78 is 12.8. The van der Waals surface area contributed by atoms with Crippen LogP contribution in [0.25, 0.3) is 0 Å². The normalized spacial score (nSPS) is 21.1. The highest BCUT2D eigenvalue weighted by atomic mass is 16.5. The molecule has 0 radical (unpaired) electrons. The zero-order chi connectivity index (χ0) is 17.7. The Hall–Kier alpha value is -1.82. The van der Waals surface area contributed by atoms with E-state index in [1.165, 1.54) is 0 Å². The van der Waals surface area contributed by atoms with E-state index in [-0.39, 0.29) is 23.3 Å². The number of piperidine rings is 1. The minimum Gasteiger partial charge on any atom is -0.466 e. The van der Waals surface area contributed by atoms with Crippen molar-refractivity contribution in [1.82, 2.24) is 9.47 Å². The summed E-state index contributed by atoms with van der Waals surface area (Å²) in [6.07, 6.45) is 7.69. The number of aromatic nitrogens is 1. The Bertz CT molecular complexity index is 570. The average Bonchev–Trinajstić information content (AvgIpc) is 3.18. The van der Waals surface area contributed by atoms with Crippen LogP contribution in [0.5, 0.6) is 0 Å². The van der Waals surface area contributed by atoms with Crippen LogP contribution in [0.3, 0.4) is 0 Å². The first-order chi connectivity index (χ1) is 12.1. The van der Waals surface area contributed by atoms with Crippen LogP contribution >= 0.6 is 0 Å². The maximum Gasteiger partial charge on any atom is 0.309 e. The van der Waals surface area contributed by atoms with Crippen LogP contribution in [0.1, 0.15) is 39.0 Å². The molecule has 0 atom stereocenters. The predicted molar refractivity (Wildman–Crippen MR) is 93.0 cm³/mol. The molecule has 1 aromatic heterocycles. The number of rotatable bonds is 5. The van der Waals surface area contributed by atoms with Gasteiger partial charge in [0, 0.05) is 38.7 Å². The fraction of sp³-hybridized carbons (Fsp3) is 0.684. The summed E-state index contributed by atoms with van der Waals surface area (Å²) in [6.45, 7) is 4.90. The van der Waals surface area contributed by atoms with E-state index >= 15 is 0 Å². The summed E-state index contributed by atoms with van der Waals surface area (Å²) in [5.41, 5.74) is -0.184. The molecule has 0 aromatic carbocycles. The van der Waals surface area contributed by atoms with Crippen molar-refractivity contribution in [2.75, 3.05) is 32.9 Å². The van der Waals surface area contributed by atoms with Crippen LogP contribution in [-0.4, -0.2) is 54.3 Å². The number of hydrogen-bond acceptors (Lipinski definition) is 4. The van der Waals surface area contributed by atoms with Crippen molar-refractivity contribution in [1.29, 1.82) is 0 Å². The number of esters is 1. The number of carbonyl (C=O) groups excluding carboxylic acids is 2. The number of nitrogens with zero attached hydrogens (tertiary/aromatic N) is 2. The SMILES string of the molecule is CCOC(=O)C1CCN(C(=O)CC2(n3cccc3)CCOCC2)CC1. The topological polar surface area (TPSA) is 60.8 Å². The first kappa shape index (κ1) is 18.0. The molecule has 138 valence electrons. The van der Waals surface area contributed by atoms with Crippen molar-refractivity contribution in [3.05, 3.63) is 24.5 Å². The average molecular weight is 348 g/mol. The molecule has 1 aromatic rings. The molecule has 2 saturated heterocycles. The first-order valence-corrected chi connectivity index (χ1v) is 9.30. The summed E-state index contributed by atoms with van der Waals surface area (Å²) >= 11 is 0. The molecule has 0 N–H and O–H groups in total. The lowest BCUT2D eigenvalue weighted by atomic mass is 9.85. The van der Waals surface area contributed by atoms with E-state index in [0.29, 0.717) is 52.2 Å². The Morgan fingerprint density at radius 3 is 2.40 bits per heavy atom. The zero-order valence-electron chi connectivity index (χ0n) is 15.0. The van der Waals surface area contributed by atoms with Gasteiger partial charge in [-0.1, -0.05) is 0 Å². The fourth-order valence-electron chi connectivity index (χ4n) is 3.95. The van der Waals surface area contributed by atoms with E-state index in [2.05, 4.69) is 4.57 Å². The predicted octanol–water partition coefficient (Wildman–Crippen LogP) is 2.19. The number of ether oxygens (including phenoxy) is 2. The van der Waals surface area contributed by atoms with Crippen molar-refractivity contribution in [3.63, 3.8) is 0 Å². The number of amides is 1. The monoisotopic (exact) mass is 348 g/mol. The number of likely N-dealkylation sites (tertiary alicyclic amines) is 1. The lowest BCUT2D eigenvalue weighted by Crippen LogP contribution is -2.47. The van der Waals surface area contributed by atoms with Crippen molar-refractivity contribution in [3.8, 4) is 0 Å². The largest absolute Gasteiger partial charge is 0.466 e. The molecular formula is C19H28N2O4. The Morgan fingerprint density at radius 1 is 1.16 bits per heavy atom. The van der Waals surface area contributed by atoms with Crippen LogP contribution in [-0.2, 0) is 24.6 Å².